The van der Waals surface area contributed by atoms with E-state index in [2.05, 4.69) is 10.6 Å². The van der Waals surface area contributed by atoms with E-state index in [0.717, 1.165) is 0 Å². The maximum atomic E-state index is 11.7. The van der Waals surface area contributed by atoms with Crippen molar-refractivity contribution in [3.05, 3.63) is 0 Å². The van der Waals surface area contributed by atoms with Gasteiger partial charge in [0.05, 0.1) is 0 Å². The molecule has 6 nitrogen and oxygen atoms in total. The van der Waals surface area contributed by atoms with Crippen LogP contribution in [0.4, 0.5) is 0 Å². The molecule has 2 amide bonds. The molecular formula is C16H26N2O4. The van der Waals surface area contributed by atoms with Crippen molar-refractivity contribution in [2.45, 2.75) is 65.5 Å². The fourth-order valence-electron chi connectivity index (χ4n) is 2.42. The Kier molecular flexibility index (Phi) is 6.71. The van der Waals surface area contributed by atoms with Crippen molar-refractivity contribution in [2.75, 3.05) is 0 Å². The van der Waals surface area contributed by atoms with Crippen molar-refractivity contribution in [1.29, 1.82) is 0 Å². The van der Waals surface area contributed by atoms with Gasteiger partial charge in [0.2, 0.25) is 11.6 Å². The largest absolute Gasteiger partial charge is 0.347 e. The van der Waals surface area contributed by atoms with E-state index in [1.807, 2.05) is 0 Å². The van der Waals surface area contributed by atoms with Crippen LogP contribution in [0.5, 0.6) is 0 Å². The van der Waals surface area contributed by atoms with Gasteiger partial charge < -0.3 is 10.6 Å². The highest BCUT2D eigenvalue weighted by molar-refractivity contribution is 6.37. The molecule has 0 atom stereocenters. The lowest BCUT2D eigenvalue weighted by atomic mass is 9.90. The molecule has 0 unspecified atom stereocenters. The molecule has 0 aliphatic heterocycles. The molecule has 0 aromatic rings. The molecule has 0 saturated heterocycles. The highest BCUT2D eigenvalue weighted by Crippen LogP contribution is 2.19. The standard InChI is InChI=1S/C16H26N2O4/c1-9(2)13(19)15(21)17-11-5-7-12(8-6-11)18-16(22)14(20)10(3)4/h9-12H,5-8H2,1-4H3,(H,17,21)(H,18,22). The minimum Gasteiger partial charge on any atom is -0.347 e. The van der Waals surface area contributed by atoms with Gasteiger partial charge in [-0.2, -0.15) is 0 Å². The van der Waals surface area contributed by atoms with Crippen molar-refractivity contribution in [1.82, 2.24) is 10.6 Å². The number of rotatable bonds is 6. The molecule has 0 aromatic carbocycles. The van der Waals surface area contributed by atoms with Crippen LogP contribution in [0, 0.1) is 11.8 Å². The van der Waals surface area contributed by atoms with Gasteiger partial charge in [0.15, 0.2) is 0 Å². The smallest absolute Gasteiger partial charge is 0.287 e. The summed E-state index contributed by atoms with van der Waals surface area (Å²) in [5.74, 6) is -2.48. The topological polar surface area (TPSA) is 92.3 Å². The summed E-state index contributed by atoms with van der Waals surface area (Å²) in [6.45, 7) is 6.78. The third-order valence-electron chi connectivity index (χ3n) is 3.89. The Morgan fingerprint density at radius 1 is 0.682 bits per heavy atom. The molecule has 2 N–H and O–H groups in total. The number of carbonyl (C=O) groups excluding carboxylic acids is 4. The first-order chi connectivity index (χ1) is 10.2. The minimum absolute atomic E-state index is 0.0378. The van der Waals surface area contributed by atoms with Crippen LogP contribution in [0.1, 0.15) is 53.4 Å². The molecule has 1 aliphatic carbocycles. The van der Waals surface area contributed by atoms with Crippen molar-refractivity contribution >= 4 is 23.4 Å². The van der Waals surface area contributed by atoms with Gasteiger partial charge >= 0.3 is 0 Å². The molecule has 124 valence electrons. The van der Waals surface area contributed by atoms with Crippen LogP contribution in [0.25, 0.3) is 0 Å². The third-order valence-corrected chi connectivity index (χ3v) is 3.89. The molecule has 1 fully saturated rings. The van der Waals surface area contributed by atoms with Gasteiger partial charge in [0, 0.05) is 23.9 Å². The monoisotopic (exact) mass is 310 g/mol. The highest BCUT2D eigenvalue weighted by atomic mass is 16.2. The van der Waals surface area contributed by atoms with Gasteiger partial charge in [-0.15, -0.1) is 0 Å². The van der Waals surface area contributed by atoms with Crippen molar-refractivity contribution in [3.8, 4) is 0 Å². The first-order valence-corrected chi connectivity index (χ1v) is 7.91. The first kappa shape index (κ1) is 18.3. The van der Waals surface area contributed by atoms with Crippen LogP contribution in [-0.2, 0) is 19.2 Å². The van der Waals surface area contributed by atoms with Gasteiger partial charge in [-0.3, -0.25) is 19.2 Å². The van der Waals surface area contributed by atoms with E-state index in [9.17, 15) is 19.2 Å². The van der Waals surface area contributed by atoms with Crippen molar-refractivity contribution in [2.24, 2.45) is 11.8 Å². The number of Topliss-reactive ketones (excluding diaryl/α,β-unsaturated/α-hetero) is 2. The number of amides is 2. The summed E-state index contributed by atoms with van der Waals surface area (Å²) in [4.78, 5) is 46.5. The fourth-order valence-corrected chi connectivity index (χ4v) is 2.42. The predicted molar refractivity (Wildman–Crippen MR) is 82.0 cm³/mol. The Morgan fingerprint density at radius 3 is 1.18 bits per heavy atom. The normalized spacial score (nSPS) is 21.5. The Morgan fingerprint density at radius 2 is 0.955 bits per heavy atom. The maximum Gasteiger partial charge on any atom is 0.287 e. The van der Waals surface area contributed by atoms with Crippen LogP contribution in [-0.4, -0.2) is 35.5 Å². The minimum atomic E-state index is -0.530. The van der Waals surface area contributed by atoms with Crippen molar-refractivity contribution in [3.63, 3.8) is 0 Å². The second-order valence-electron chi connectivity index (χ2n) is 6.53. The molecule has 0 heterocycles. The van der Waals surface area contributed by atoms with Crippen molar-refractivity contribution < 1.29 is 19.2 Å². The lowest BCUT2D eigenvalue weighted by Crippen LogP contribution is -2.47. The van der Waals surface area contributed by atoms with Crippen LogP contribution in [0.2, 0.25) is 0 Å². The zero-order valence-corrected chi connectivity index (χ0v) is 13.8. The summed E-state index contributed by atoms with van der Waals surface area (Å²) in [7, 11) is 0. The second kappa shape index (κ2) is 8.06. The lowest BCUT2D eigenvalue weighted by Gasteiger charge is -2.29. The van der Waals surface area contributed by atoms with E-state index < -0.39 is 23.4 Å². The van der Waals surface area contributed by atoms with E-state index >= 15 is 0 Å². The Bertz CT molecular complexity index is 407. The summed E-state index contributed by atoms with van der Waals surface area (Å²) in [6.07, 6.45) is 2.77. The van der Waals surface area contributed by atoms with E-state index in [-0.39, 0.29) is 23.9 Å². The molecule has 1 saturated carbocycles. The molecule has 0 radical (unpaired) electrons. The third kappa shape index (κ3) is 5.24. The molecule has 1 aliphatic rings. The van der Waals surface area contributed by atoms with Gasteiger partial charge in [-0.05, 0) is 25.7 Å². The van der Waals surface area contributed by atoms with E-state index in [1.165, 1.54) is 0 Å². The molecular weight excluding hydrogens is 284 g/mol. The highest BCUT2D eigenvalue weighted by Gasteiger charge is 2.27. The number of ketones is 2. The Labute approximate surface area is 131 Å². The SMILES string of the molecule is CC(C)C(=O)C(=O)NC1CCC(NC(=O)C(=O)C(C)C)CC1. The van der Waals surface area contributed by atoms with Gasteiger partial charge in [-0.1, -0.05) is 27.7 Å². The fraction of sp³-hybridized carbons (Fsp3) is 0.750. The number of hydrogen-bond donors (Lipinski definition) is 2. The zero-order chi connectivity index (χ0) is 16.9. The summed E-state index contributed by atoms with van der Waals surface area (Å²) in [6, 6.07) is -0.0756. The second-order valence-corrected chi connectivity index (χ2v) is 6.53. The predicted octanol–water partition coefficient (Wildman–Crippen LogP) is 0.980. The molecule has 6 heteroatoms. The number of nitrogens with one attached hydrogen (secondary N) is 2. The maximum absolute atomic E-state index is 11.7. The molecule has 22 heavy (non-hydrogen) atoms. The summed E-state index contributed by atoms with van der Waals surface area (Å²) < 4.78 is 0. The van der Waals surface area contributed by atoms with E-state index in [1.54, 1.807) is 27.7 Å². The van der Waals surface area contributed by atoms with Crippen LogP contribution < -0.4 is 10.6 Å². The summed E-state index contributed by atoms with van der Waals surface area (Å²) in [5.41, 5.74) is 0. The number of carbonyl (C=O) groups is 4. The Balaban J connectivity index is 2.38. The van der Waals surface area contributed by atoms with E-state index in [0.29, 0.717) is 25.7 Å². The van der Waals surface area contributed by atoms with Crippen LogP contribution >= 0.6 is 0 Å². The molecule has 1 rings (SSSR count). The van der Waals surface area contributed by atoms with Gasteiger partial charge in [-0.25, -0.2) is 0 Å². The van der Waals surface area contributed by atoms with Gasteiger partial charge in [0.1, 0.15) is 0 Å². The van der Waals surface area contributed by atoms with Gasteiger partial charge in [0.25, 0.3) is 11.8 Å². The molecule has 0 spiro atoms. The van der Waals surface area contributed by atoms with Crippen LogP contribution in [0.15, 0.2) is 0 Å². The Hall–Kier alpha value is -1.72. The zero-order valence-electron chi connectivity index (χ0n) is 13.8. The first-order valence-electron chi connectivity index (χ1n) is 7.91. The molecule has 0 aromatic heterocycles. The molecule has 0 bridgehead atoms. The lowest BCUT2D eigenvalue weighted by molar-refractivity contribution is -0.140. The van der Waals surface area contributed by atoms with Crippen LogP contribution in [0.3, 0.4) is 0 Å². The average molecular weight is 310 g/mol. The quantitative estimate of drug-likeness (QED) is 0.715. The summed E-state index contributed by atoms with van der Waals surface area (Å²) >= 11 is 0. The number of hydrogen-bond acceptors (Lipinski definition) is 4. The van der Waals surface area contributed by atoms with E-state index in [4.69, 9.17) is 0 Å². The summed E-state index contributed by atoms with van der Waals surface area (Å²) in [5, 5.41) is 5.49. The average Bonchev–Trinajstić information content (AvgIpc) is 2.47.